The largest absolute Gasteiger partial charge is 0.480 e. The third kappa shape index (κ3) is 2.33. The molecule has 0 aromatic carbocycles. The van der Waals surface area contributed by atoms with Crippen LogP contribution in [0, 0.1) is 0 Å². The Labute approximate surface area is 104 Å². The van der Waals surface area contributed by atoms with Gasteiger partial charge < -0.3 is 14.7 Å². The van der Waals surface area contributed by atoms with E-state index in [1.807, 2.05) is 0 Å². The highest BCUT2D eigenvalue weighted by Crippen LogP contribution is 2.16. The van der Waals surface area contributed by atoms with Gasteiger partial charge in [0.05, 0.1) is 19.3 Å². The predicted molar refractivity (Wildman–Crippen MR) is 62.1 cm³/mol. The second-order valence-corrected chi connectivity index (χ2v) is 4.17. The van der Waals surface area contributed by atoms with Crippen molar-refractivity contribution in [3.63, 3.8) is 0 Å². The number of aromatic nitrogens is 1. The number of ether oxygens (including phenoxy) is 1. The van der Waals surface area contributed by atoms with Gasteiger partial charge in [0.2, 0.25) is 0 Å². The quantitative estimate of drug-likeness (QED) is 0.821. The number of hydrogen-bond donors (Lipinski definition) is 1. The van der Waals surface area contributed by atoms with Crippen LogP contribution < -0.4 is 0 Å². The fourth-order valence-corrected chi connectivity index (χ4v) is 1.97. The highest BCUT2D eigenvalue weighted by atomic mass is 16.5. The number of rotatable bonds is 2. The molecular formula is C12H14N2O4. The maximum absolute atomic E-state index is 12.3. The Bertz CT molecular complexity index is 449. The molecular weight excluding hydrogens is 236 g/mol. The van der Waals surface area contributed by atoms with E-state index in [1.165, 1.54) is 11.1 Å². The summed E-state index contributed by atoms with van der Waals surface area (Å²) in [5.74, 6) is -1.44. The van der Waals surface area contributed by atoms with Crippen LogP contribution in [0.1, 0.15) is 17.4 Å². The van der Waals surface area contributed by atoms with Crippen molar-refractivity contribution in [1.29, 1.82) is 0 Å². The number of hydrogen-bond acceptors (Lipinski definition) is 4. The van der Waals surface area contributed by atoms with Crippen molar-refractivity contribution in [1.82, 2.24) is 9.88 Å². The molecule has 1 fully saturated rings. The van der Waals surface area contributed by atoms with Crippen molar-refractivity contribution < 1.29 is 19.4 Å². The second-order valence-electron chi connectivity index (χ2n) is 4.17. The SMILES string of the molecule is C[C@H]1COC[C@@H](C(=O)O)N1C(=O)c1ccccn1. The standard InChI is InChI=1S/C12H14N2O4/c1-8-6-18-7-10(12(16)17)14(8)11(15)9-4-2-3-5-13-9/h2-5,8,10H,6-7H2,1H3,(H,16,17)/t8-,10-/m0/s1. The van der Waals surface area contributed by atoms with Crippen molar-refractivity contribution in [2.24, 2.45) is 0 Å². The molecule has 18 heavy (non-hydrogen) atoms. The van der Waals surface area contributed by atoms with Gasteiger partial charge in [-0.25, -0.2) is 4.79 Å². The zero-order valence-electron chi connectivity index (χ0n) is 9.94. The van der Waals surface area contributed by atoms with Gasteiger partial charge >= 0.3 is 5.97 Å². The number of nitrogens with zero attached hydrogens (tertiary/aromatic N) is 2. The number of carboxylic acid groups (broad SMARTS) is 1. The number of morpholine rings is 1. The van der Waals surface area contributed by atoms with Crippen molar-refractivity contribution in [2.75, 3.05) is 13.2 Å². The van der Waals surface area contributed by atoms with Crippen LogP contribution in [0.15, 0.2) is 24.4 Å². The summed E-state index contributed by atoms with van der Waals surface area (Å²) in [7, 11) is 0. The number of carboxylic acids is 1. The molecule has 1 amide bonds. The Morgan fingerprint density at radius 2 is 2.22 bits per heavy atom. The smallest absolute Gasteiger partial charge is 0.328 e. The molecule has 2 rings (SSSR count). The molecule has 0 bridgehead atoms. The van der Waals surface area contributed by atoms with Crippen LogP contribution >= 0.6 is 0 Å². The molecule has 1 aliphatic rings. The van der Waals surface area contributed by atoms with E-state index in [0.29, 0.717) is 6.61 Å². The second kappa shape index (κ2) is 5.14. The molecule has 1 N–H and O–H groups in total. The Kier molecular flexibility index (Phi) is 3.57. The van der Waals surface area contributed by atoms with Crippen LogP contribution in [-0.2, 0) is 9.53 Å². The van der Waals surface area contributed by atoms with E-state index >= 15 is 0 Å². The first-order valence-corrected chi connectivity index (χ1v) is 5.65. The highest BCUT2D eigenvalue weighted by Gasteiger charge is 2.37. The first-order valence-electron chi connectivity index (χ1n) is 5.65. The van der Waals surface area contributed by atoms with Crippen molar-refractivity contribution >= 4 is 11.9 Å². The molecule has 1 saturated heterocycles. The van der Waals surface area contributed by atoms with E-state index in [2.05, 4.69) is 4.98 Å². The Morgan fingerprint density at radius 3 is 2.83 bits per heavy atom. The molecule has 0 aliphatic carbocycles. The third-order valence-corrected chi connectivity index (χ3v) is 2.85. The zero-order valence-corrected chi connectivity index (χ0v) is 9.94. The van der Waals surface area contributed by atoms with Gasteiger partial charge in [0.15, 0.2) is 6.04 Å². The number of aliphatic carboxylic acids is 1. The maximum Gasteiger partial charge on any atom is 0.328 e. The Hall–Kier alpha value is -1.95. The van der Waals surface area contributed by atoms with Gasteiger partial charge in [-0.05, 0) is 19.1 Å². The molecule has 2 atom stereocenters. The van der Waals surface area contributed by atoms with Gasteiger partial charge in [-0.1, -0.05) is 6.07 Å². The topological polar surface area (TPSA) is 79.7 Å². The van der Waals surface area contributed by atoms with E-state index in [-0.39, 0.29) is 24.2 Å². The molecule has 0 radical (unpaired) electrons. The van der Waals surface area contributed by atoms with Crippen LogP contribution in [0.3, 0.4) is 0 Å². The van der Waals surface area contributed by atoms with Gasteiger partial charge in [0.1, 0.15) is 5.69 Å². The van der Waals surface area contributed by atoms with E-state index in [9.17, 15) is 9.59 Å². The summed E-state index contributed by atoms with van der Waals surface area (Å²) < 4.78 is 5.18. The maximum atomic E-state index is 12.3. The first-order chi connectivity index (χ1) is 8.61. The lowest BCUT2D eigenvalue weighted by Crippen LogP contribution is -2.57. The summed E-state index contributed by atoms with van der Waals surface area (Å²) in [5.41, 5.74) is 0.248. The van der Waals surface area contributed by atoms with Crippen LogP contribution in [-0.4, -0.2) is 52.2 Å². The first kappa shape index (κ1) is 12.5. The van der Waals surface area contributed by atoms with E-state index in [1.54, 1.807) is 25.1 Å². The summed E-state index contributed by atoms with van der Waals surface area (Å²) >= 11 is 0. The average molecular weight is 250 g/mol. The lowest BCUT2D eigenvalue weighted by molar-refractivity contribution is -0.150. The highest BCUT2D eigenvalue weighted by molar-refractivity contribution is 5.95. The van der Waals surface area contributed by atoms with Gasteiger partial charge in [-0.3, -0.25) is 9.78 Å². The van der Waals surface area contributed by atoms with Crippen LogP contribution in [0.4, 0.5) is 0 Å². The minimum Gasteiger partial charge on any atom is -0.480 e. The lowest BCUT2D eigenvalue weighted by atomic mass is 10.1. The molecule has 0 unspecified atom stereocenters. The van der Waals surface area contributed by atoms with Crippen molar-refractivity contribution in [2.45, 2.75) is 19.0 Å². The normalized spacial score (nSPS) is 23.7. The molecule has 0 spiro atoms. The van der Waals surface area contributed by atoms with Gasteiger partial charge in [-0.15, -0.1) is 0 Å². The summed E-state index contributed by atoms with van der Waals surface area (Å²) in [6, 6.07) is 3.73. The number of carbonyl (C=O) groups excluding carboxylic acids is 1. The van der Waals surface area contributed by atoms with Gasteiger partial charge in [0.25, 0.3) is 5.91 Å². The molecule has 6 nitrogen and oxygen atoms in total. The minimum atomic E-state index is -1.06. The molecule has 1 aliphatic heterocycles. The van der Waals surface area contributed by atoms with Crippen LogP contribution in [0.5, 0.6) is 0 Å². The Morgan fingerprint density at radius 1 is 1.44 bits per heavy atom. The number of amides is 1. The fourth-order valence-electron chi connectivity index (χ4n) is 1.97. The summed E-state index contributed by atoms with van der Waals surface area (Å²) in [6.45, 7) is 2.11. The molecule has 6 heteroatoms. The van der Waals surface area contributed by atoms with Crippen LogP contribution in [0.2, 0.25) is 0 Å². The molecule has 0 saturated carbocycles. The third-order valence-electron chi connectivity index (χ3n) is 2.85. The zero-order chi connectivity index (χ0) is 13.1. The number of carbonyl (C=O) groups is 2. The lowest BCUT2D eigenvalue weighted by Gasteiger charge is -2.37. The summed E-state index contributed by atoms with van der Waals surface area (Å²) in [4.78, 5) is 28.7. The molecule has 1 aromatic heterocycles. The average Bonchev–Trinajstić information content (AvgIpc) is 2.38. The molecule has 96 valence electrons. The summed E-state index contributed by atoms with van der Waals surface area (Å²) in [5, 5.41) is 9.13. The molecule has 1 aromatic rings. The predicted octanol–water partition coefficient (Wildman–Crippen LogP) is 0.396. The Balaban J connectivity index is 2.28. The monoisotopic (exact) mass is 250 g/mol. The van der Waals surface area contributed by atoms with Crippen molar-refractivity contribution in [3.05, 3.63) is 30.1 Å². The van der Waals surface area contributed by atoms with E-state index < -0.39 is 12.0 Å². The minimum absolute atomic E-state index is 0.0121. The van der Waals surface area contributed by atoms with Crippen molar-refractivity contribution in [3.8, 4) is 0 Å². The van der Waals surface area contributed by atoms with E-state index in [4.69, 9.17) is 9.84 Å². The van der Waals surface area contributed by atoms with Gasteiger partial charge in [0, 0.05) is 6.20 Å². The van der Waals surface area contributed by atoms with E-state index in [0.717, 1.165) is 0 Å². The summed E-state index contributed by atoms with van der Waals surface area (Å²) in [6.07, 6.45) is 1.51. The number of pyridine rings is 1. The molecule has 2 heterocycles. The van der Waals surface area contributed by atoms with Crippen LogP contribution in [0.25, 0.3) is 0 Å². The fraction of sp³-hybridized carbons (Fsp3) is 0.417. The van der Waals surface area contributed by atoms with Gasteiger partial charge in [-0.2, -0.15) is 0 Å².